The fourth-order valence-electron chi connectivity index (χ4n) is 2.31. The Bertz CT molecular complexity index is 598. The third-order valence-electron chi connectivity index (χ3n) is 3.43. The summed E-state index contributed by atoms with van der Waals surface area (Å²) in [6.45, 7) is 6.21. The first-order valence-electron chi connectivity index (χ1n) is 6.98. The van der Waals surface area contributed by atoms with Crippen LogP contribution in [0.25, 0.3) is 0 Å². The third kappa shape index (κ3) is 4.55. The zero-order chi connectivity index (χ0) is 15.4. The van der Waals surface area contributed by atoms with E-state index >= 15 is 0 Å². The van der Waals surface area contributed by atoms with Crippen molar-refractivity contribution >= 4 is 48.9 Å². The van der Waals surface area contributed by atoms with Crippen molar-refractivity contribution in [3.05, 3.63) is 49.0 Å². The molecule has 0 fully saturated rings. The molecule has 0 saturated carbocycles. The van der Waals surface area contributed by atoms with E-state index < -0.39 is 0 Å². The predicted molar refractivity (Wildman–Crippen MR) is 100 cm³/mol. The van der Waals surface area contributed by atoms with Gasteiger partial charge in [-0.25, -0.2) is 0 Å². The molecule has 1 heterocycles. The van der Waals surface area contributed by atoms with Gasteiger partial charge in [0.25, 0.3) is 0 Å². The number of rotatable bonds is 6. The predicted octanol–water partition coefficient (Wildman–Crippen LogP) is 5.58. The maximum absolute atomic E-state index is 3.71. The van der Waals surface area contributed by atoms with Gasteiger partial charge in [0.15, 0.2) is 0 Å². The molecule has 0 bridgehead atoms. The van der Waals surface area contributed by atoms with Crippen LogP contribution in [-0.4, -0.2) is 13.6 Å². The Morgan fingerprint density at radius 2 is 2.05 bits per heavy atom. The fourth-order valence-corrected chi connectivity index (χ4v) is 4.21. The van der Waals surface area contributed by atoms with Gasteiger partial charge in [0.1, 0.15) is 0 Å². The van der Waals surface area contributed by atoms with Crippen molar-refractivity contribution in [2.75, 3.05) is 18.5 Å². The van der Waals surface area contributed by atoms with E-state index in [1.807, 2.05) is 0 Å². The molecule has 1 aromatic carbocycles. The largest absolute Gasteiger partial charge is 0.369 e. The molecule has 1 N–H and O–H groups in total. The maximum atomic E-state index is 3.71. The van der Waals surface area contributed by atoms with Gasteiger partial charge in [0, 0.05) is 24.1 Å². The molecule has 0 saturated heterocycles. The van der Waals surface area contributed by atoms with Gasteiger partial charge in [0.2, 0.25) is 0 Å². The van der Waals surface area contributed by atoms with E-state index in [0.717, 1.165) is 17.6 Å². The summed E-state index contributed by atoms with van der Waals surface area (Å²) in [5.74, 6) is 0. The molecule has 0 spiro atoms. The van der Waals surface area contributed by atoms with Crippen molar-refractivity contribution in [1.29, 1.82) is 0 Å². The lowest BCUT2D eigenvalue weighted by atomic mass is 10.1. The first kappa shape index (κ1) is 17.0. The molecule has 2 rings (SSSR count). The van der Waals surface area contributed by atoms with E-state index in [9.17, 15) is 0 Å². The van der Waals surface area contributed by atoms with Crippen LogP contribution in [0.4, 0.5) is 5.69 Å². The fraction of sp³-hybridized carbons (Fsp3) is 0.375. The summed E-state index contributed by atoms with van der Waals surface area (Å²) in [6, 6.07) is 9.15. The molecule has 2 nitrogen and oxygen atoms in total. The SMILES string of the molecule is CCNC(C)c1ccc(N(C)Cc2csc(Br)c2)c(Br)c1. The van der Waals surface area contributed by atoms with E-state index in [1.165, 1.54) is 20.6 Å². The van der Waals surface area contributed by atoms with Crippen LogP contribution in [0.1, 0.15) is 31.0 Å². The summed E-state index contributed by atoms with van der Waals surface area (Å²) >= 11 is 8.95. The normalized spacial score (nSPS) is 12.4. The number of halogens is 2. The number of nitrogens with one attached hydrogen (secondary N) is 1. The summed E-state index contributed by atoms with van der Waals surface area (Å²) in [5, 5.41) is 5.63. The van der Waals surface area contributed by atoms with Gasteiger partial charge in [-0.15, -0.1) is 11.3 Å². The smallest absolute Gasteiger partial charge is 0.0701 e. The second kappa shape index (κ2) is 7.77. The topological polar surface area (TPSA) is 15.3 Å². The molecule has 5 heteroatoms. The van der Waals surface area contributed by atoms with Crippen LogP contribution in [0.5, 0.6) is 0 Å². The average molecular weight is 432 g/mol. The molecular weight excluding hydrogens is 412 g/mol. The molecule has 0 aliphatic heterocycles. The minimum atomic E-state index is 0.374. The van der Waals surface area contributed by atoms with E-state index in [-0.39, 0.29) is 0 Å². The zero-order valence-corrected chi connectivity index (χ0v) is 16.5. The molecule has 1 atom stereocenters. The Morgan fingerprint density at radius 1 is 1.29 bits per heavy atom. The van der Waals surface area contributed by atoms with Gasteiger partial charge < -0.3 is 10.2 Å². The van der Waals surface area contributed by atoms with Crippen LogP contribution in [0, 0.1) is 0 Å². The van der Waals surface area contributed by atoms with E-state index in [4.69, 9.17) is 0 Å². The average Bonchev–Trinajstić information content (AvgIpc) is 2.84. The summed E-state index contributed by atoms with van der Waals surface area (Å²) < 4.78 is 2.32. The maximum Gasteiger partial charge on any atom is 0.0701 e. The number of hydrogen-bond acceptors (Lipinski definition) is 3. The van der Waals surface area contributed by atoms with Gasteiger partial charge in [-0.2, -0.15) is 0 Å². The second-order valence-electron chi connectivity index (χ2n) is 5.11. The molecule has 1 unspecified atom stereocenters. The van der Waals surface area contributed by atoms with Gasteiger partial charge in [-0.3, -0.25) is 0 Å². The minimum absolute atomic E-state index is 0.374. The van der Waals surface area contributed by atoms with Crippen molar-refractivity contribution < 1.29 is 0 Å². The number of anilines is 1. The van der Waals surface area contributed by atoms with Crippen LogP contribution in [0.3, 0.4) is 0 Å². The Labute approximate surface area is 147 Å². The number of hydrogen-bond donors (Lipinski definition) is 1. The van der Waals surface area contributed by atoms with Crippen molar-refractivity contribution in [1.82, 2.24) is 5.32 Å². The van der Waals surface area contributed by atoms with Crippen LogP contribution in [0.2, 0.25) is 0 Å². The standard InChI is InChI=1S/C16H20Br2N2S/c1-4-19-11(2)13-5-6-15(14(17)8-13)20(3)9-12-7-16(18)21-10-12/h5-8,10-11,19H,4,9H2,1-3H3. The lowest BCUT2D eigenvalue weighted by Gasteiger charge is -2.22. The Morgan fingerprint density at radius 3 is 2.62 bits per heavy atom. The minimum Gasteiger partial charge on any atom is -0.369 e. The summed E-state index contributed by atoms with van der Waals surface area (Å²) in [6.07, 6.45) is 0. The molecule has 0 radical (unpaired) electrons. The monoisotopic (exact) mass is 430 g/mol. The highest BCUT2D eigenvalue weighted by Gasteiger charge is 2.11. The summed E-state index contributed by atoms with van der Waals surface area (Å²) in [5.41, 5.74) is 3.84. The number of nitrogens with zero attached hydrogens (tertiary/aromatic N) is 1. The number of benzene rings is 1. The van der Waals surface area contributed by atoms with Crippen LogP contribution in [-0.2, 0) is 6.54 Å². The molecular formula is C16H20Br2N2S. The molecule has 21 heavy (non-hydrogen) atoms. The Kier molecular flexibility index (Phi) is 6.29. The Balaban J connectivity index is 2.12. The van der Waals surface area contributed by atoms with Crippen molar-refractivity contribution in [3.63, 3.8) is 0 Å². The van der Waals surface area contributed by atoms with Crippen molar-refractivity contribution in [3.8, 4) is 0 Å². The highest BCUT2D eigenvalue weighted by atomic mass is 79.9. The van der Waals surface area contributed by atoms with Gasteiger partial charge in [-0.1, -0.05) is 13.0 Å². The van der Waals surface area contributed by atoms with Gasteiger partial charge in [0.05, 0.1) is 9.47 Å². The first-order chi connectivity index (χ1) is 10.0. The van der Waals surface area contributed by atoms with E-state index in [1.54, 1.807) is 11.3 Å². The lowest BCUT2D eigenvalue weighted by Crippen LogP contribution is -2.19. The van der Waals surface area contributed by atoms with Crippen LogP contribution in [0.15, 0.2) is 37.9 Å². The third-order valence-corrected chi connectivity index (χ3v) is 5.62. The van der Waals surface area contributed by atoms with E-state index in [2.05, 4.69) is 92.6 Å². The molecule has 1 aromatic heterocycles. The zero-order valence-electron chi connectivity index (χ0n) is 12.5. The van der Waals surface area contributed by atoms with Crippen LogP contribution < -0.4 is 10.2 Å². The van der Waals surface area contributed by atoms with Gasteiger partial charge in [-0.05, 0) is 80.0 Å². The van der Waals surface area contributed by atoms with Crippen LogP contribution >= 0.6 is 43.2 Å². The highest BCUT2D eigenvalue weighted by molar-refractivity contribution is 9.11. The summed E-state index contributed by atoms with van der Waals surface area (Å²) in [4.78, 5) is 2.26. The quantitative estimate of drug-likeness (QED) is 0.642. The van der Waals surface area contributed by atoms with Crippen molar-refractivity contribution in [2.24, 2.45) is 0 Å². The number of thiophene rings is 1. The molecule has 0 aliphatic carbocycles. The van der Waals surface area contributed by atoms with E-state index in [0.29, 0.717) is 6.04 Å². The molecule has 114 valence electrons. The molecule has 0 amide bonds. The summed E-state index contributed by atoms with van der Waals surface area (Å²) in [7, 11) is 2.12. The van der Waals surface area contributed by atoms with Gasteiger partial charge >= 0.3 is 0 Å². The lowest BCUT2D eigenvalue weighted by molar-refractivity contribution is 0.598. The molecule has 2 aromatic rings. The highest BCUT2D eigenvalue weighted by Crippen LogP contribution is 2.30. The second-order valence-corrected chi connectivity index (χ2v) is 8.25. The Hall–Kier alpha value is -0.360. The first-order valence-corrected chi connectivity index (χ1v) is 9.44. The van der Waals surface area contributed by atoms with Crippen molar-refractivity contribution in [2.45, 2.75) is 26.4 Å². The molecule has 0 aliphatic rings.